The second-order valence-electron chi connectivity index (χ2n) is 6.32. The highest BCUT2D eigenvalue weighted by atomic mass is 16.6. The van der Waals surface area contributed by atoms with Crippen LogP contribution in [0.15, 0.2) is 66.7 Å². The lowest BCUT2D eigenvalue weighted by Crippen LogP contribution is -1.99. The average molecular weight is 393 g/mol. The van der Waals surface area contributed by atoms with Gasteiger partial charge in [0.25, 0.3) is 5.69 Å². The minimum absolute atomic E-state index is 0.0533. The summed E-state index contributed by atoms with van der Waals surface area (Å²) < 4.78 is 5.56. The van der Waals surface area contributed by atoms with Gasteiger partial charge in [-0.3, -0.25) is 20.2 Å². The molecule has 3 aromatic carbocycles. The topological polar surface area (TPSA) is 108 Å². The van der Waals surface area contributed by atoms with Crippen molar-refractivity contribution in [1.29, 1.82) is 0 Å². The molecule has 0 radical (unpaired) electrons. The normalized spacial score (nSPS) is 10.4. The van der Waals surface area contributed by atoms with Crippen molar-refractivity contribution in [2.75, 3.05) is 5.32 Å². The molecule has 0 atom stereocenters. The quantitative estimate of drug-likeness (QED) is 0.402. The van der Waals surface area contributed by atoms with Crippen LogP contribution in [-0.4, -0.2) is 9.85 Å². The number of nitro benzene ring substituents is 2. The van der Waals surface area contributed by atoms with E-state index in [-0.39, 0.29) is 11.4 Å². The van der Waals surface area contributed by atoms with Gasteiger partial charge in [0.05, 0.1) is 15.9 Å². The molecule has 0 spiro atoms. The molecule has 8 nitrogen and oxygen atoms in total. The van der Waals surface area contributed by atoms with Gasteiger partial charge in [0.2, 0.25) is 5.75 Å². The number of ether oxygens (including phenoxy) is 1. The smallest absolute Gasteiger partial charge is 0.318 e. The van der Waals surface area contributed by atoms with Gasteiger partial charge in [0.15, 0.2) is 0 Å². The van der Waals surface area contributed by atoms with Crippen LogP contribution in [0.1, 0.15) is 18.1 Å². The first kappa shape index (κ1) is 19.8. The van der Waals surface area contributed by atoms with Crippen LogP contribution in [0.3, 0.4) is 0 Å². The van der Waals surface area contributed by atoms with Gasteiger partial charge in [0, 0.05) is 18.3 Å². The highest BCUT2D eigenvalue weighted by Gasteiger charge is 2.21. The van der Waals surface area contributed by atoms with Crippen molar-refractivity contribution in [1.82, 2.24) is 0 Å². The zero-order valence-corrected chi connectivity index (χ0v) is 15.7. The third-order valence-electron chi connectivity index (χ3n) is 4.36. The number of hydrogen-bond acceptors (Lipinski definition) is 6. The van der Waals surface area contributed by atoms with Crippen LogP contribution in [0.5, 0.6) is 11.5 Å². The first-order valence-corrected chi connectivity index (χ1v) is 8.98. The Bertz CT molecular complexity index is 1020. The van der Waals surface area contributed by atoms with E-state index in [1.54, 1.807) is 12.1 Å². The molecule has 0 saturated heterocycles. The Morgan fingerprint density at radius 2 is 1.52 bits per heavy atom. The molecule has 0 amide bonds. The second-order valence-corrected chi connectivity index (χ2v) is 6.32. The van der Waals surface area contributed by atoms with E-state index in [1.807, 2.05) is 24.3 Å². The van der Waals surface area contributed by atoms with E-state index < -0.39 is 15.5 Å². The number of nitrogens with zero attached hydrogens (tertiary/aromatic N) is 2. The summed E-state index contributed by atoms with van der Waals surface area (Å²) in [6.45, 7) is 2.72. The predicted molar refractivity (Wildman–Crippen MR) is 109 cm³/mol. The monoisotopic (exact) mass is 393 g/mol. The Balaban J connectivity index is 1.67. The maximum atomic E-state index is 11.2. The molecule has 1 N–H and O–H groups in total. The number of aryl methyl sites for hydroxylation is 1. The highest BCUT2D eigenvalue weighted by molar-refractivity contribution is 5.55. The van der Waals surface area contributed by atoms with E-state index in [2.05, 4.69) is 24.4 Å². The molecular formula is C21H19N3O5. The highest BCUT2D eigenvalue weighted by Crippen LogP contribution is 2.34. The van der Waals surface area contributed by atoms with Crippen LogP contribution in [0, 0.1) is 20.2 Å². The van der Waals surface area contributed by atoms with Crippen molar-refractivity contribution in [2.45, 2.75) is 19.9 Å². The molecule has 0 aliphatic rings. The molecule has 3 rings (SSSR count). The van der Waals surface area contributed by atoms with Crippen LogP contribution in [0.4, 0.5) is 17.1 Å². The fourth-order valence-electron chi connectivity index (χ4n) is 2.71. The third-order valence-corrected chi connectivity index (χ3v) is 4.36. The molecule has 0 unspecified atom stereocenters. The van der Waals surface area contributed by atoms with Crippen LogP contribution >= 0.6 is 0 Å². The van der Waals surface area contributed by atoms with Crippen LogP contribution < -0.4 is 10.1 Å². The summed E-state index contributed by atoms with van der Waals surface area (Å²) in [4.78, 5) is 20.6. The summed E-state index contributed by atoms with van der Waals surface area (Å²) >= 11 is 0. The van der Waals surface area contributed by atoms with Crippen molar-refractivity contribution in [3.8, 4) is 11.5 Å². The fourth-order valence-corrected chi connectivity index (χ4v) is 2.71. The molecule has 8 heteroatoms. The number of anilines is 1. The second kappa shape index (κ2) is 8.83. The summed E-state index contributed by atoms with van der Waals surface area (Å²) in [6.07, 6.45) is 0.995. The number of hydrogen-bond donors (Lipinski definition) is 1. The lowest BCUT2D eigenvalue weighted by atomic mass is 10.1. The largest absolute Gasteiger partial charge is 0.450 e. The van der Waals surface area contributed by atoms with E-state index in [0.717, 1.165) is 23.7 Å². The summed E-state index contributed by atoms with van der Waals surface area (Å²) in [5, 5.41) is 25.3. The minimum atomic E-state index is -0.704. The van der Waals surface area contributed by atoms with E-state index >= 15 is 0 Å². The van der Waals surface area contributed by atoms with E-state index in [9.17, 15) is 20.2 Å². The van der Waals surface area contributed by atoms with Crippen LogP contribution in [0.2, 0.25) is 0 Å². The van der Waals surface area contributed by atoms with Gasteiger partial charge in [-0.25, -0.2) is 0 Å². The number of nitrogens with one attached hydrogen (secondary N) is 1. The Labute approximate surface area is 167 Å². The molecule has 0 bridgehead atoms. The zero-order valence-electron chi connectivity index (χ0n) is 15.7. The summed E-state index contributed by atoms with van der Waals surface area (Å²) in [5.74, 6) is 0.348. The van der Waals surface area contributed by atoms with Gasteiger partial charge in [-0.1, -0.05) is 31.2 Å². The number of non-ortho nitro benzene ring substituents is 1. The Hall–Kier alpha value is -3.94. The van der Waals surface area contributed by atoms with Crippen LogP contribution in [-0.2, 0) is 13.0 Å². The fraction of sp³-hybridized carbons (Fsp3) is 0.143. The lowest BCUT2D eigenvalue weighted by Gasteiger charge is -2.09. The van der Waals surface area contributed by atoms with Crippen molar-refractivity contribution >= 4 is 17.1 Å². The Morgan fingerprint density at radius 1 is 0.862 bits per heavy atom. The average Bonchev–Trinajstić information content (AvgIpc) is 2.73. The first-order valence-electron chi connectivity index (χ1n) is 8.98. The molecule has 29 heavy (non-hydrogen) atoms. The van der Waals surface area contributed by atoms with Gasteiger partial charge in [-0.15, -0.1) is 0 Å². The number of nitro groups is 2. The van der Waals surface area contributed by atoms with E-state index in [4.69, 9.17) is 4.74 Å². The van der Waals surface area contributed by atoms with E-state index in [0.29, 0.717) is 12.3 Å². The molecule has 148 valence electrons. The molecular weight excluding hydrogens is 374 g/mol. The summed E-state index contributed by atoms with van der Waals surface area (Å²) in [7, 11) is 0. The molecule has 0 aliphatic carbocycles. The Kier molecular flexibility index (Phi) is 6.03. The maximum Gasteiger partial charge on any atom is 0.318 e. The van der Waals surface area contributed by atoms with Crippen molar-refractivity contribution in [3.05, 3.63) is 98.1 Å². The molecule has 0 saturated carbocycles. The van der Waals surface area contributed by atoms with Crippen molar-refractivity contribution in [2.24, 2.45) is 0 Å². The van der Waals surface area contributed by atoms with Gasteiger partial charge in [0.1, 0.15) is 5.75 Å². The number of rotatable bonds is 8. The number of benzene rings is 3. The molecule has 0 aromatic heterocycles. The molecule has 3 aromatic rings. The maximum absolute atomic E-state index is 11.2. The van der Waals surface area contributed by atoms with Gasteiger partial charge < -0.3 is 10.1 Å². The standard InChI is InChI=1S/C21H19N3O5/c1-2-15-3-7-17(8-4-15)22-14-16-5-10-19(11-6-16)29-21-12-9-18(23(25)26)13-20(21)24(27)28/h3-13,22H,2,14H2,1H3. The van der Waals surface area contributed by atoms with Crippen molar-refractivity contribution in [3.63, 3.8) is 0 Å². The van der Waals surface area contributed by atoms with Gasteiger partial charge in [-0.05, 0) is 47.9 Å². The molecule has 0 fully saturated rings. The predicted octanol–water partition coefficient (Wildman–Crippen LogP) is 5.47. The third kappa shape index (κ3) is 5.07. The molecule has 0 heterocycles. The van der Waals surface area contributed by atoms with Gasteiger partial charge >= 0.3 is 5.69 Å². The van der Waals surface area contributed by atoms with E-state index in [1.165, 1.54) is 17.7 Å². The first-order chi connectivity index (χ1) is 14.0. The van der Waals surface area contributed by atoms with Gasteiger partial charge in [-0.2, -0.15) is 0 Å². The SMILES string of the molecule is CCc1ccc(NCc2ccc(Oc3ccc([N+](=O)[O-])cc3[N+](=O)[O-])cc2)cc1. The zero-order chi connectivity index (χ0) is 20.8. The summed E-state index contributed by atoms with van der Waals surface area (Å²) in [6, 6.07) is 18.6. The minimum Gasteiger partial charge on any atom is -0.450 e. The van der Waals surface area contributed by atoms with Crippen LogP contribution in [0.25, 0.3) is 0 Å². The Morgan fingerprint density at radius 3 is 2.10 bits per heavy atom. The van der Waals surface area contributed by atoms with Crippen molar-refractivity contribution < 1.29 is 14.6 Å². The summed E-state index contributed by atoms with van der Waals surface area (Å²) in [5.41, 5.74) is 2.48. The lowest BCUT2D eigenvalue weighted by molar-refractivity contribution is -0.394. The molecule has 0 aliphatic heterocycles.